The average Bonchev–Trinajstić information content (AvgIpc) is 3.61. The predicted molar refractivity (Wildman–Crippen MR) is 221 cm³/mol. The summed E-state index contributed by atoms with van der Waals surface area (Å²) < 4.78 is 1.44. The van der Waals surface area contributed by atoms with E-state index in [1.807, 2.05) is 42.1 Å². The Labute approximate surface area is 336 Å². The van der Waals surface area contributed by atoms with E-state index in [2.05, 4.69) is 37.6 Å². The van der Waals surface area contributed by atoms with E-state index in [0.717, 1.165) is 10.9 Å². The minimum atomic E-state index is -1.20. The van der Waals surface area contributed by atoms with Crippen LogP contribution in [0.2, 0.25) is 5.02 Å². The monoisotopic (exact) mass is 792 g/mol. The molecule has 2 aliphatic rings. The van der Waals surface area contributed by atoms with Crippen molar-refractivity contribution >= 4 is 56.8 Å². The third kappa shape index (κ3) is 9.34. The summed E-state index contributed by atoms with van der Waals surface area (Å²) >= 11 is 6.27. The van der Waals surface area contributed by atoms with E-state index >= 15 is 0 Å². The van der Waals surface area contributed by atoms with Gasteiger partial charge in [0.15, 0.2) is 0 Å². The molecule has 5 aromatic rings. The quantitative estimate of drug-likeness (QED) is 0.159. The van der Waals surface area contributed by atoms with Gasteiger partial charge in [0, 0.05) is 68.5 Å². The molecule has 13 nitrogen and oxygen atoms in total. The Bertz CT molecular complexity index is 2330. The standard InChI is InChI=1S/C43H49ClN8O5/c1-49(2)19-13-38(53)48-32-9-11-34-37(25-32)47-29-52(40(34)55)28-43(57)15-21-51(22-16-43)41(56)42(26-30-6-4-3-5-7-30)14-20-50(27-42)23-18-46-39(54)31-8-10-33-35(44)12-17-45-36(33)24-31/h3-12,17,24-25,29,57H,13-16,18-23,26-28H2,1-2H3,(H,46,54)(H,48,53)/t42-/m1/s1. The van der Waals surface area contributed by atoms with Crippen LogP contribution in [0.4, 0.5) is 5.69 Å². The van der Waals surface area contributed by atoms with E-state index in [1.165, 1.54) is 10.9 Å². The summed E-state index contributed by atoms with van der Waals surface area (Å²) in [6.45, 7) is 3.68. The molecule has 0 unspecified atom stereocenters. The number of nitrogens with zero attached hydrogens (tertiary/aromatic N) is 6. The number of benzene rings is 3. The molecule has 3 N–H and O–H groups in total. The second-order valence-electron chi connectivity index (χ2n) is 15.8. The Morgan fingerprint density at radius 1 is 0.912 bits per heavy atom. The number of halogens is 1. The maximum atomic E-state index is 14.5. The maximum absolute atomic E-state index is 14.5. The van der Waals surface area contributed by atoms with Gasteiger partial charge in [-0.15, -0.1) is 0 Å². The third-order valence-corrected chi connectivity index (χ3v) is 11.6. The summed E-state index contributed by atoms with van der Waals surface area (Å²) in [7, 11) is 3.81. The summed E-state index contributed by atoms with van der Waals surface area (Å²) in [6.07, 6.45) is 5.29. The summed E-state index contributed by atoms with van der Waals surface area (Å²) in [6, 6.07) is 22.1. The Hall–Kier alpha value is -5.21. The Morgan fingerprint density at radius 3 is 2.44 bits per heavy atom. The van der Waals surface area contributed by atoms with Crippen LogP contribution in [-0.4, -0.2) is 118 Å². The van der Waals surface area contributed by atoms with Gasteiger partial charge in [0.2, 0.25) is 11.8 Å². The third-order valence-electron chi connectivity index (χ3n) is 11.3. The van der Waals surface area contributed by atoms with Crippen LogP contribution < -0.4 is 16.2 Å². The van der Waals surface area contributed by atoms with Gasteiger partial charge in [0.1, 0.15) is 0 Å². The van der Waals surface area contributed by atoms with E-state index in [9.17, 15) is 24.3 Å². The van der Waals surface area contributed by atoms with E-state index < -0.39 is 11.0 Å². The molecule has 0 radical (unpaired) electrons. The first-order valence-corrected chi connectivity index (χ1v) is 19.8. The zero-order valence-electron chi connectivity index (χ0n) is 32.4. The number of pyridine rings is 1. The molecule has 3 amide bonds. The smallest absolute Gasteiger partial charge is 0.261 e. The molecule has 7 rings (SSSR count). The second-order valence-corrected chi connectivity index (χ2v) is 16.2. The van der Waals surface area contributed by atoms with Gasteiger partial charge >= 0.3 is 0 Å². The molecule has 14 heteroatoms. The van der Waals surface area contributed by atoms with Crippen LogP contribution in [0.5, 0.6) is 0 Å². The minimum Gasteiger partial charge on any atom is -0.388 e. The number of carbonyl (C=O) groups is 3. The lowest BCUT2D eigenvalue weighted by Crippen LogP contribution is -2.54. The van der Waals surface area contributed by atoms with Gasteiger partial charge in [-0.2, -0.15) is 0 Å². The molecule has 0 spiro atoms. The molecular weight excluding hydrogens is 744 g/mol. The van der Waals surface area contributed by atoms with Crippen LogP contribution >= 0.6 is 11.6 Å². The van der Waals surface area contributed by atoms with Crippen molar-refractivity contribution in [1.29, 1.82) is 0 Å². The zero-order chi connectivity index (χ0) is 40.2. The number of nitrogens with one attached hydrogen (secondary N) is 2. The molecule has 0 saturated carbocycles. The molecule has 0 bridgehead atoms. The van der Waals surface area contributed by atoms with Crippen molar-refractivity contribution in [3.05, 3.63) is 112 Å². The fourth-order valence-electron chi connectivity index (χ4n) is 8.05. The number of hydrogen-bond acceptors (Lipinski definition) is 9. The van der Waals surface area contributed by atoms with E-state index in [1.54, 1.807) is 48.7 Å². The van der Waals surface area contributed by atoms with Gasteiger partial charge in [0.25, 0.3) is 11.5 Å². The van der Waals surface area contributed by atoms with Crippen LogP contribution in [-0.2, 0) is 22.6 Å². The lowest BCUT2D eigenvalue weighted by molar-refractivity contribution is -0.146. The number of rotatable bonds is 13. The number of carbonyl (C=O) groups excluding carboxylic acids is 3. The molecule has 2 fully saturated rings. The SMILES string of the molecule is CN(C)CCC(=O)Nc1ccc2c(=O)n(CC3(O)CCN(C(=O)[C@@]4(Cc5ccccc5)CCN(CCNC(=O)c5ccc6c(Cl)ccnc6c5)C4)CC3)cnc2c1. The molecule has 57 heavy (non-hydrogen) atoms. The van der Waals surface area contributed by atoms with Crippen molar-refractivity contribution in [3.63, 3.8) is 0 Å². The fraction of sp³-hybridized carbons (Fsp3) is 0.395. The second kappa shape index (κ2) is 17.1. The van der Waals surface area contributed by atoms with Gasteiger partial charge < -0.3 is 30.4 Å². The van der Waals surface area contributed by atoms with Crippen molar-refractivity contribution in [2.24, 2.45) is 5.41 Å². The van der Waals surface area contributed by atoms with Crippen LogP contribution in [0.15, 0.2) is 90.1 Å². The Kier molecular flexibility index (Phi) is 12.0. The van der Waals surface area contributed by atoms with Gasteiger partial charge in [0.05, 0.1) is 45.3 Å². The van der Waals surface area contributed by atoms with E-state index in [0.29, 0.717) is 111 Å². The molecular formula is C43H49ClN8O5. The summed E-state index contributed by atoms with van der Waals surface area (Å²) in [5.74, 6) is -0.252. The largest absolute Gasteiger partial charge is 0.388 e. The normalized spacial score (nSPS) is 18.3. The number of hydrogen-bond donors (Lipinski definition) is 3. The molecule has 2 aliphatic heterocycles. The molecule has 298 valence electrons. The number of fused-ring (bicyclic) bond motifs is 2. The van der Waals surface area contributed by atoms with E-state index in [-0.39, 0.29) is 29.8 Å². The highest BCUT2D eigenvalue weighted by Gasteiger charge is 2.48. The first-order valence-electron chi connectivity index (χ1n) is 19.4. The lowest BCUT2D eigenvalue weighted by atomic mass is 9.78. The van der Waals surface area contributed by atoms with Crippen LogP contribution in [0, 0.1) is 5.41 Å². The van der Waals surface area contributed by atoms with Gasteiger partial charge in [-0.3, -0.25) is 28.7 Å². The Balaban J connectivity index is 0.970. The van der Waals surface area contributed by atoms with E-state index in [4.69, 9.17) is 11.6 Å². The van der Waals surface area contributed by atoms with Gasteiger partial charge in [-0.1, -0.05) is 48.0 Å². The number of anilines is 1. The first-order chi connectivity index (χ1) is 27.4. The molecule has 2 saturated heterocycles. The summed E-state index contributed by atoms with van der Waals surface area (Å²) in [4.78, 5) is 68.3. The minimum absolute atomic E-state index is 0.0535. The van der Waals surface area contributed by atoms with Crippen LogP contribution in [0.3, 0.4) is 0 Å². The lowest BCUT2D eigenvalue weighted by Gasteiger charge is -2.42. The van der Waals surface area contributed by atoms with Crippen molar-refractivity contribution < 1.29 is 19.5 Å². The highest BCUT2D eigenvalue weighted by atomic mass is 35.5. The van der Waals surface area contributed by atoms with Crippen LogP contribution in [0.25, 0.3) is 21.8 Å². The summed E-state index contributed by atoms with van der Waals surface area (Å²) in [5.41, 5.74) is 1.13. The number of aromatic nitrogens is 3. The van der Waals surface area contributed by atoms with Gasteiger partial charge in [-0.05, 0) is 88.3 Å². The maximum Gasteiger partial charge on any atom is 0.261 e. The highest BCUT2D eigenvalue weighted by molar-refractivity contribution is 6.35. The topological polar surface area (TPSA) is 153 Å². The fourth-order valence-corrected chi connectivity index (χ4v) is 8.26. The molecule has 0 aliphatic carbocycles. The van der Waals surface area contributed by atoms with Crippen molar-refractivity contribution in [2.45, 2.75) is 44.2 Å². The predicted octanol–water partition coefficient (Wildman–Crippen LogP) is 4.21. The van der Waals surface area contributed by atoms with Crippen LogP contribution in [0.1, 0.15) is 41.6 Å². The molecule has 1 atom stereocenters. The number of piperidine rings is 1. The average molecular weight is 793 g/mol. The van der Waals surface area contributed by atoms with Crippen molar-refractivity contribution in [1.82, 2.24) is 34.6 Å². The highest BCUT2D eigenvalue weighted by Crippen LogP contribution is 2.38. The summed E-state index contributed by atoms with van der Waals surface area (Å²) in [5, 5.41) is 19.4. The Morgan fingerprint density at radius 2 is 1.67 bits per heavy atom. The number of amides is 3. The number of aliphatic hydroxyl groups is 1. The zero-order valence-corrected chi connectivity index (χ0v) is 33.2. The molecule has 4 heterocycles. The first kappa shape index (κ1) is 40.0. The molecule has 3 aromatic carbocycles. The van der Waals surface area contributed by atoms with Gasteiger partial charge in [-0.25, -0.2) is 4.98 Å². The molecule has 2 aromatic heterocycles. The van der Waals surface area contributed by atoms with Crippen molar-refractivity contribution in [2.75, 3.05) is 65.2 Å². The number of likely N-dealkylation sites (tertiary alicyclic amines) is 2. The van der Waals surface area contributed by atoms with Crippen molar-refractivity contribution in [3.8, 4) is 0 Å².